The van der Waals surface area contributed by atoms with Crippen molar-refractivity contribution in [3.63, 3.8) is 0 Å². The number of aliphatic hydroxyl groups is 1. The Bertz CT molecular complexity index is 1340. The molecule has 9 nitrogen and oxygen atoms in total. The summed E-state index contributed by atoms with van der Waals surface area (Å²) in [4.78, 5) is 21.2. The number of anilines is 1. The van der Waals surface area contributed by atoms with Gasteiger partial charge in [-0.25, -0.2) is 19.0 Å². The maximum atomic E-state index is 15.2. The number of benzene rings is 1. The highest BCUT2D eigenvalue weighted by molar-refractivity contribution is 6.35. The zero-order valence-corrected chi connectivity index (χ0v) is 21.4. The van der Waals surface area contributed by atoms with Crippen molar-refractivity contribution in [1.29, 1.82) is 0 Å². The molecule has 14 heteroatoms. The fourth-order valence-corrected chi connectivity index (χ4v) is 3.64. The molecule has 1 amide bonds. The molecule has 0 aliphatic rings. The first-order valence-corrected chi connectivity index (χ1v) is 11.1. The van der Waals surface area contributed by atoms with Crippen molar-refractivity contribution in [2.45, 2.75) is 45.6 Å². The summed E-state index contributed by atoms with van der Waals surface area (Å²) in [6.07, 6.45) is -5.76. The minimum Gasteiger partial charge on any atom is -0.480 e. The number of nitrogens with one attached hydrogen (secondary N) is 1. The summed E-state index contributed by atoms with van der Waals surface area (Å²) in [6, 6.07) is 1.61. The number of pyridine rings is 1. The monoisotopic (exact) mass is 545 g/mol. The maximum absolute atomic E-state index is 15.2. The highest BCUT2D eigenvalue weighted by Gasteiger charge is 2.39. The number of amides is 1. The van der Waals surface area contributed by atoms with Crippen LogP contribution in [0, 0.1) is 12.7 Å². The molecule has 0 aliphatic heterocycles. The molecule has 3 rings (SSSR count). The minimum absolute atomic E-state index is 0.00454. The van der Waals surface area contributed by atoms with Crippen molar-refractivity contribution in [3.8, 4) is 23.0 Å². The topological polar surface area (TPSA) is 111 Å². The summed E-state index contributed by atoms with van der Waals surface area (Å²) in [5, 5.41) is 16.7. The van der Waals surface area contributed by atoms with E-state index in [0.717, 1.165) is 13.0 Å². The van der Waals surface area contributed by atoms with Crippen molar-refractivity contribution >= 4 is 23.2 Å². The third-order valence-electron chi connectivity index (χ3n) is 5.24. The van der Waals surface area contributed by atoms with Crippen LogP contribution in [-0.4, -0.2) is 50.2 Å². The van der Waals surface area contributed by atoms with Crippen molar-refractivity contribution in [3.05, 3.63) is 46.1 Å². The largest absolute Gasteiger partial charge is 0.480 e. The van der Waals surface area contributed by atoms with Gasteiger partial charge in [-0.3, -0.25) is 4.79 Å². The minimum atomic E-state index is -4.78. The van der Waals surface area contributed by atoms with Crippen molar-refractivity contribution in [2.75, 3.05) is 12.4 Å². The van der Waals surface area contributed by atoms with E-state index in [1.165, 1.54) is 38.9 Å². The van der Waals surface area contributed by atoms with E-state index in [-0.39, 0.29) is 33.8 Å². The Labute approximate surface area is 214 Å². The standard InChI is InChI=1S/C23H24ClF4N5O4/c1-10-9-29-20(36-6)16(24)17(10)30-19(34)13-7-14(25)12(8-15(13)37-11(2)23(26,27)28)18-31-21(22(3,4)35)33(5)32-18/h7-9,11,35H,1-6H3,(H,29,30,34)/t11-/m0/s1. The van der Waals surface area contributed by atoms with Crippen LogP contribution in [0.15, 0.2) is 18.3 Å². The van der Waals surface area contributed by atoms with Gasteiger partial charge in [0.25, 0.3) is 5.91 Å². The number of methoxy groups -OCH3 is 1. The predicted octanol–water partition coefficient (Wildman–Crippen LogP) is 4.80. The van der Waals surface area contributed by atoms with E-state index in [4.69, 9.17) is 21.1 Å². The molecule has 0 unspecified atom stereocenters. The Hall–Kier alpha value is -3.45. The van der Waals surface area contributed by atoms with Gasteiger partial charge in [0.1, 0.15) is 22.2 Å². The lowest BCUT2D eigenvalue weighted by atomic mass is 10.1. The normalized spacial score (nSPS) is 12.9. The van der Waals surface area contributed by atoms with Crippen LogP contribution in [0.4, 0.5) is 23.2 Å². The predicted molar refractivity (Wildman–Crippen MR) is 126 cm³/mol. The molecular weight excluding hydrogens is 522 g/mol. The molecule has 1 atom stereocenters. The van der Waals surface area contributed by atoms with Crippen LogP contribution in [0.1, 0.15) is 42.5 Å². The maximum Gasteiger partial charge on any atom is 0.425 e. The van der Waals surface area contributed by atoms with E-state index in [9.17, 15) is 23.1 Å². The van der Waals surface area contributed by atoms with E-state index in [1.807, 2.05) is 0 Å². The van der Waals surface area contributed by atoms with Crippen LogP contribution in [0.25, 0.3) is 11.4 Å². The van der Waals surface area contributed by atoms with Gasteiger partial charge < -0.3 is 19.9 Å². The molecule has 3 aromatic rings. The van der Waals surface area contributed by atoms with Crippen LogP contribution in [0.5, 0.6) is 11.6 Å². The number of carbonyl (C=O) groups excluding carboxylic acids is 1. The highest BCUT2D eigenvalue weighted by Crippen LogP contribution is 2.36. The molecular formula is C23H24ClF4N5O4. The van der Waals surface area contributed by atoms with E-state index in [1.54, 1.807) is 6.92 Å². The van der Waals surface area contributed by atoms with Crippen molar-refractivity contribution in [2.24, 2.45) is 7.05 Å². The molecule has 2 aromatic heterocycles. The SMILES string of the molecule is COc1ncc(C)c(NC(=O)c2cc(F)c(-c3nc(C(C)(C)O)n(C)n3)cc2O[C@@H](C)C(F)(F)F)c1Cl. The third kappa shape index (κ3) is 5.93. The summed E-state index contributed by atoms with van der Waals surface area (Å²) >= 11 is 6.22. The first-order valence-electron chi connectivity index (χ1n) is 10.8. The zero-order valence-electron chi connectivity index (χ0n) is 20.7. The first kappa shape index (κ1) is 28.1. The molecule has 0 aliphatic carbocycles. The van der Waals surface area contributed by atoms with Crippen LogP contribution in [0.2, 0.25) is 5.02 Å². The lowest BCUT2D eigenvalue weighted by Gasteiger charge is -2.20. The van der Waals surface area contributed by atoms with E-state index in [0.29, 0.717) is 11.6 Å². The second-order valence-corrected chi connectivity index (χ2v) is 9.04. The smallest absolute Gasteiger partial charge is 0.425 e. The Morgan fingerprint density at radius 2 is 1.92 bits per heavy atom. The van der Waals surface area contributed by atoms with Crippen LogP contribution in [0.3, 0.4) is 0 Å². The van der Waals surface area contributed by atoms with E-state index in [2.05, 4.69) is 20.4 Å². The quantitative estimate of drug-likeness (QED) is 0.410. The summed E-state index contributed by atoms with van der Waals surface area (Å²) in [6.45, 7) is 5.19. The molecule has 2 heterocycles. The molecule has 1 aromatic carbocycles. The van der Waals surface area contributed by atoms with Gasteiger partial charge in [0, 0.05) is 13.2 Å². The lowest BCUT2D eigenvalue weighted by molar-refractivity contribution is -0.189. The average molecular weight is 546 g/mol. The Balaban J connectivity index is 2.13. The number of alkyl halides is 3. The molecule has 0 radical (unpaired) electrons. The molecule has 0 fully saturated rings. The molecule has 200 valence electrons. The van der Waals surface area contributed by atoms with Crippen LogP contribution >= 0.6 is 11.6 Å². The summed E-state index contributed by atoms with van der Waals surface area (Å²) in [7, 11) is 2.77. The molecule has 2 N–H and O–H groups in total. The third-order valence-corrected chi connectivity index (χ3v) is 5.59. The fourth-order valence-electron chi connectivity index (χ4n) is 3.32. The number of aromatic nitrogens is 4. The van der Waals surface area contributed by atoms with Gasteiger partial charge in [-0.15, -0.1) is 0 Å². The van der Waals surface area contributed by atoms with Gasteiger partial charge in [-0.2, -0.15) is 18.3 Å². The Morgan fingerprint density at radius 3 is 2.46 bits per heavy atom. The molecule has 0 bridgehead atoms. The van der Waals surface area contributed by atoms with Gasteiger partial charge in [-0.05, 0) is 45.4 Å². The molecule has 0 saturated heterocycles. The van der Waals surface area contributed by atoms with Gasteiger partial charge >= 0.3 is 6.18 Å². The average Bonchev–Trinajstić information content (AvgIpc) is 3.18. The second kappa shape index (κ2) is 10.1. The fraction of sp³-hybridized carbons (Fsp3) is 0.391. The Kier molecular flexibility index (Phi) is 7.70. The molecule has 0 spiro atoms. The second-order valence-electron chi connectivity index (χ2n) is 8.67. The van der Waals surface area contributed by atoms with Crippen LogP contribution < -0.4 is 14.8 Å². The van der Waals surface area contributed by atoms with Gasteiger partial charge in [0.05, 0.1) is 23.9 Å². The molecule has 0 saturated carbocycles. The summed E-state index contributed by atoms with van der Waals surface area (Å²) in [5.74, 6) is -2.75. The number of halogens is 5. The first-order chi connectivity index (χ1) is 17.0. The molecule has 37 heavy (non-hydrogen) atoms. The number of hydrogen-bond acceptors (Lipinski definition) is 7. The summed E-state index contributed by atoms with van der Waals surface area (Å²) < 4.78 is 66.4. The summed E-state index contributed by atoms with van der Waals surface area (Å²) in [5.41, 5.74) is -1.84. The van der Waals surface area contributed by atoms with Crippen molar-refractivity contribution < 1.29 is 36.9 Å². The van der Waals surface area contributed by atoms with Gasteiger partial charge in [0.15, 0.2) is 17.8 Å². The van der Waals surface area contributed by atoms with Gasteiger partial charge in [0.2, 0.25) is 5.88 Å². The number of ether oxygens (including phenoxy) is 2. The van der Waals surface area contributed by atoms with E-state index < -0.39 is 40.9 Å². The van der Waals surface area contributed by atoms with E-state index >= 15 is 4.39 Å². The highest BCUT2D eigenvalue weighted by atomic mass is 35.5. The van der Waals surface area contributed by atoms with Gasteiger partial charge in [-0.1, -0.05) is 11.6 Å². The lowest BCUT2D eigenvalue weighted by Crippen LogP contribution is -2.32. The number of aryl methyl sites for hydroxylation is 2. The number of nitrogens with zero attached hydrogens (tertiary/aromatic N) is 4. The number of hydrogen-bond donors (Lipinski definition) is 2. The number of rotatable bonds is 7. The van der Waals surface area contributed by atoms with Crippen LogP contribution in [-0.2, 0) is 12.6 Å². The number of carbonyl (C=O) groups is 1. The van der Waals surface area contributed by atoms with Crippen molar-refractivity contribution in [1.82, 2.24) is 19.7 Å². The zero-order chi connectivity index (χ0) is 27.9. The Morgan fingerprint density at radius 1 is 1.27 bits per heavy atom.